The van der Waals surface area contributed by atoms with Gasteiger partial charge in [-0.15, -0.1) is 0 Å². The van der Waals surface area contributed by atoms with E-state index in [0.29, 0.717) is 12.6 Å². The average Bonchev–Trinajstić information content (AvgIpc) is 2.58. The van der Waals surface area contributed by atoms with Crippen LogP contribution in [0.4, 0.5) is 11.4 Å². The van der Waals surface area contributed by atoms with Crippen molar-refractivity contribution in [1.29, 1.82) is 0 Å². The van der Waals surface area contributed by atoms with E-state index in [1.165, 1.54) is 19.3 Å². The second-order valence-corrected chi connectivity index (χ2v) is 6.48. The summed E-state index contributed by atoms with van der Waals surface area (Å²) in [6.07, 6.45) is 3.67. The third kappa shape index (κ3) is 4.24. The van der Waals surface area contributed by atoms with Crippen molar-refractivity contribution in [3.63, 3.8) is 0 Å². The zero-order valence-electron chi connectivity index (χ0n) is 14.0. The van der Waals surface area contributed by atoms with E-state index in [1.807, 2.05) is 18.2 Å². The maximum absolute atomic E-state index is 12.5. The molecular formula is C18H27N3O2. The highest BCUT2D eigenvalue weighted by molar-refractivity contribution is 5.95. The molecule has 0 unspecified atom stereocenters. The lowest BCUT2D eigenvalue weighted by Crippen LogP contribution is -2.42. The van der Waals surface area contributed by atoms with Crippen LogP contribution in [0.2, 0.25) is 0 Å². The fraction of sp³-hybridized carbons (Fsp3) is 0.611. The van der Waals surface area contributed by atoms with Gasteiger partial charge in [-0.05, 0) is 38.4 Å². The van der Waals surface area contributed by atoms with Crippen molar-refractivity contribution in [3.8, 4) is 0 Å². The molecule has 2 saturated heterocycles. The van der Waals surface area contributed by atoms with Crippen molar-refractivity contribution in [3.05, 3.63) is 24.3 Å². The number of morpholine rings is 1. The first-order valence-corrected chi connectivity index (χ1v) is 8.69. The van der Waals surface area contributed by atoms with Crippen molar-refractivity contribution < 1.29 is 9.53 Å². The topological polar surface area (TPSA) is 44.8 Å². The molecule has 2 heterocycles. The number of benzene rings is 1. The van der Waals surface area contributed by atoms with Gasteiger partial charge in [0, 0.05) is 19.1 Å². The Labute approximate surface area is 138 Å². The van der Waals surface area contributed by atoms with Crippen molar-refractivity contribution in [2.45, 2.75) is 32.2 Å². The summed E-state index contributed by atoms with van der Waals surface area (Å²) >= 11 is 0. The number of para-hydroxylation sites is 2. The van der Waals surface area contributed by atoms with Gasteiger partial charge in [0.15, 0.2) is 0 Å². The molecule has 2 aliphatic rings. The van der Waals surface area contributed by atoms with E-state index in [-0.39, 0.29) is 5.91 Å². The quantitative estimate of drug-likeness (QED) is 0.926. The molecule has 1 amide bonds. The van der Waals surface area contributed by atoms with Crippen LogP contribution in [-0.4, -0.2) is 56.2 Å². The van der Waals surface area contributed by atoms with Crippen LogP contribution in [-0.2, 0) is 9.53 Å². The Morgan fingerprint density at radius 3 is 2.78 bits per heavy atom. The van der Waals surface area contributed by atoms with Crippen LogP contribution >= 0.6 is 0 Å². The second kappa shape index (κ2) is 7.79. The third-order valence-electron chi connectivity index (χ3n) is 4.82. The normalized spacial score (nSPS) is 22.8. The molecule has 5 nitrogen and oxygen atoms in total. The van der Waals surface area contributed by atoms with Gasteiger partial charge in [0.2, 0.25) is 5.91 Å². The molecule has 0 aromatic heterocycles. The molecule has 0 spiro atoms. The lowest BCUT2D eigenvalue weighted by atomic mass is 10.0. The molecule has 0 saturated carbocycles. The zero-order valence-corrected chi connectivity index (χ0v) is 14.0. The number of hydrogen-bond acceptors (Lipinski definition) is 4. The summed E-state index contributed by atoms with van der Waals surface area (Å²) < 4.78 is 5.42. The van der Waals surface area contributed by atoms with Gasteiger partial charge in [0.05, 0.1) is 31.1 Å². The van der Waals surface area contributed by atoms with Crippen LogP contribution in [0.1, 0.15) is 26.2 Å². The molecule has 0 aliphatic carbocycles. The summed E-state index contributed by atoms with van der Waals surface area (Å²) in [7, 11) is 0. The first kappa shape index (κ1) is 16.3. The van der Waals surface area contributed by atoms with E-state index in [9.17, 15) is 4.79 Å². The van der Waals surface area contributed by atoms with Crippen molar-refractivity contribution in [1.82, 2.24) is 4.90 Å². The number of amides is 1. The van der Waals surface area contributed by atoms with Crippen LogP contribution < -0.4 is 10.2 Å². The van der Waals surface area contributed by atoms with Gasteiger partial charge in [-0.1, -0.05) is 18.6 Å². The molecule has 1 atom stereocenters. The van der Waals surface area contributed by atoms with E-state index in [4.69, 9.17) is 4.74 Å². The number of carbonyl (C=O) groups excluding carboxylic acids is 1. The van der Waals surface area contributed by atoms with Crippen LogP contribution in [0.15, 0.2) is 24.3 Å². The Morgan fingerprint density at radius 2 is 2.00 bits per heavy atom. The number of carbonyl (C=O) groups is 1. The SMILES string of the molecule is C[C@H]1CCCCN1CC(=O)Nc1ccccc1N1CCOCC1. The Kier molecular flexibility index (Phi) is 5.51. The molecule has 0 bridgehead atoms. The fourth-order valence-electron chi connectivity index (χ4n) is 3.43. The summed E-state index contributed by atoms with van der Waals surface area (Å²) in [6.45, 7) is 6.96. The Morgan fingerprint density at radius 1 is 1.22 bits per heavy atom. The van der Waals surface area contributed by atoms with Gasteiger partial charge in [-0.3, -0.25) is 9.69 Å². The number of nitrogens with one attached hydrogen (secondary N) is 1. The molecule has 1 N–H and O–H groups in total. The Hall–Kier alpha value is -1.59. The first-order chi connectivity index (χ1) is 11.2. The summed E-state index contributed by atoms with van der Waals surface area (Å²) in [5.74, 6) is 0.0828. The summed E-state index contributed by atoms with van der Waals surface area (Å²) in [5.41, 5.74) is 2.00. The summed E-state index contributed by atoms with van der Waals surface area (Å²) in [5, 5.41) is 3.11. The van der Waals surface area contributed by atoms with E-state index in [0.717, 1.165) is 44.2 Å². The maximum Gasteiger partial charge on any atom is 0.238 e. The van der Waals surface area contributed by atoms with Crippen LogP contribution in [0.3, 0.4) is 0 Å². The standard InChI is InChI=1S/C18H27N3O2/c1-15-6-4-5-9-21(15)14-18(22)19-16-7-2-3-8-17(16)20-10-12-23-13-11-20/h2-3,7-8,15H,4-6,9-14H2,1H3,(H,19,22)/t15-/m0/s1. The average molecular weight is 317 g/mol. The molecule has 1 aromatic rings. The van der Waals surface area contributed by atoms with Gasteiger partial charge in [0.25, 0.3) is 0 Å². The predicted octanol–water partition coefficient (Wildman–Crippen LogP) is 2.34. The number of hydrogen-bond donors (Lipinski definition) is 1. The molecule has 1 aromatic carbocycles. The largest absolute Gasteiger partial charge is 0.378 e. The highest BCUT2D eigenvalue weighted by Gasteiger charge is 2.21. The van der Waals surface area contributed by atoms with E-state index in [1.54, 1.807) is 0 Å². The van der Waals surface area contributed by atoms with Crippen LogP contribution in [0.25, 0.3) is 0 Å². The lowest BCUT2D eigenvalue weighted by molar-refractivity contribution is -0.118. The molecule has 23 heavy (non-hydrogen) atoms. The predicted molar refractivity (Wildman–Crippen MR) is 93.0 cm³/mol. The molecular weight excluding hydrogens is 290 g/mol. The molecule has 0 radical (unpaired) electrons. The highest BCUT2D eigenvalue weighted by atomic mass is 16.5. The highest BCUT2D eigenvalue weighted by Crippen LogP contribution is 2.26. The lowest BCUT2D eigenvalue weighted by Gasteiger charge is -2.33. The zero-order chi connectivity index (χ0) is 16.1. The number of ether oxygens (including phenoxy) is 1. The molecule has 126 valence electrons. The summed E-state index contributed by atoms with van der Waals surface area (Å²) in [4.78, 5) is 17.0. The van der Waals surface area contributed by atoms with E-state index >= 15 is 0 Å². The number of likely N-dealkylation sites (tertiary alicyclic amines) is 1. The molecule has 5 heteroatoms. The van der Waals surface area contributed by atoms with Gasteiger partial charge >= 0.3 is 0 Å². The van der Waals surface area contributed by atoms with Gasteiger partial charge in [-0.25, -0.2) is 0 Å². The Balaban J connectivity index is 1.63. The minimum atomic E-state index is 0.0828. The van der Waals surface area contributed by atoms with Gasteiger partial charge in [-0.2, -0.15) is 0 Å². The van der Waals surface area contributed by atoms with Crippen LogP contribution in [0, 0.1) is 0 Å². The number of anilines is 2. The Bertz CT molecular complexity index is 529. The minimum Gasteiger partial charge on any atom is -0.378 e. The smallest absolute Gasteiger partial charge is 0.238 e. The number of rotatable bonds is 4. The van der Waals surface area contributed by atoms with Crippen molar-refractivity contribution in [2.75, 3.05) is 49.6 Å². The molecule has 2 fully saturated rings. The third-order valence-corrected chi connectivity index (χ3v) is 4.82. The fourth-order valence-corrected chi connectivity index (χ4v) is 3.43. The minimum absolute atomic E-state index is 0.0828. The monoisotopic (exact) mass is 317 g/mol. The van der Waals surface area contributed by atoms with Gasteiger partial charge in [0.1, 0.15) is 0 Å². The van der Waals surface area contributed by atoms with Crippen LogP contribution in [0.5, 0.6) is 0 Å². The summed E-state index contributed by atoms with van der Waals surface area (Å²) in [6, 6.07) is 8.56. The van der Waals surface area contributed by atoms with E-state index in [2.05, 4.69) is 28.1 Å². The van der Waals surface area contributed by atoms with Crippen molar-refractivity contribution >= 4 is 17.3 Å². The maximum atomic E-state index is 12.5. The number of nitrogens with zero attached hydrogens (tertiary/aromatic N) is 2. The molecule has 2 aliphatic heterocycles. The second-order valence-electron chi connectivity index (χ2n) is 6.48. The number of piperidine rings is 1. The molecule has 3 rings (SSSR count). The van der Waals surface area contributed by atoms with Gasteiger partial charge < -0.3 is 15.0 Å². The first-order valence-electron chi connectivity index (χ1n) is 8.69. The van der Waals surface area contributed by atoms with E-state index < -0.39 is 0 Å². The van der Waals surface area contributed by atoms with Crippen molar-refractivity contribution in [2.24, 2.45) is 0 Å².